The molecule has 0 aliphatic rings. The summed E-state index contributed by atoms with van der Waals surface area (Å²) in [6, 6.07) is 4.52. The fraction of sp³-hybridized carbons (Fsp3) is 0.200. The van der Waals surface area contributed by atoms with Gasteiger partial charge in [-0.25, -0.2) is 4.79 Å². The van der Waals surface area contributed by atoms with Crippen LogP contribution in [-0.4, -0.2) is 18.0 Å². The minimum absolute atomic E-state index is 0.0757. The van der Waals surface area contributed by atoms with Gasteiger partial charge in [0.25, 0.3) is 5.69 Å². The molecule has 6 nitrogen and oxygen atoms in total. The first kappa shape index (κ1) is 13.1. The highest BCUT2D eigenvalue weighted by molar-refractivity contribution is 9.08. The van der Waals surface area contributed by atoms with Gasteiger partial charge in [-0.2, -0.15) is 5.26 Å². The molecule has 0 saturated heterocycles. The second-order valence-electron chi connectivity index (χ2n) is 2.99. The molecule has 0 fully saturated rings. The maximum atomic E-state index is 11.5. The maximum absolute atomic E-state index is 11.5. The molecule has 1 aromatic rings. The molecule has 0 amide bonds. The van der Waals surface area contributed by atoms with Crippen molar-refractivity contribution in [3.05, 3.63) is 38.9 Å². The van der Waals surface area contributed by atoms with Gasteiger partial charge in [-0.15, -0.1) is 0 Å². The highest BCUT2D eigenvalue weighted by Gasteiger charge is 2.28. The number of ether oxygens (including phenoxy) is 1. The molecule has 0 spiro atoms. The molecule has 1 aromatic carbocycles. The largest absolute Gasteiger partial charge is 0.465 e. The van der Waals surface area contributed by atoms with E-state index in [1.165, 1.54) is 12.1 Å². The first-order valence-corrected chi connectivity index (χ1v) is 5.53. The normalized spacial score (nSPS) is 9.47. The molecule has 0 atom stereocenters. The van der Waals surface area contributed by atoms with Crippen LogP contribution >= 0.6 is 15.9 Å². The monoisotopic (exact) mass is 298 g/mol. The molecule has 0 aliphatic carbocycles. The maximum Gasteiger partial charge on any atom is 0.346 e. The number of benzene rings is 1. The van der Waals surface area contributed by atoms with Crippen molar-refractivity contribution in [3.63, 3.8) is 0 Å². The van der Waals surface area contributed by atoms with Gasteiger partial charge in [0, 0.05) is 10.9 Å². The molecule has 0 saturated carbocycles. The van der Waals surface area contributed by atoms with Crippen molar-refractivity contribution in [2.24, 2.45) is 0 Å². The van der Waals surface area contributed by atoms with E-state index >= 15 is 0 Å². The molecule has 17 heavy (non-hydrogen) atoms. The Morgan fingerprint density at radius 2 is 2.29 bits per heavy atom. The van der Waals surface area contributed by atoms with E-state index < -0.39 is 16.6 Å². The van der Waals surface area contributed by atoms with Gasteiger partial charge >= 0.3 is 5.97 Å². The summed E-state index contributed by atoms with van der Waals surface area (Å²) in [5.74, 6) is -0.893. The molecule has 0 heterocycles. The number of carbonyl (C=O) groups is 1. The molecule has 0 unspecified atom stereocenters. The number of hydrogen-bond donors (Lipinski definition) is 0. The summed E-state index contributed by atoms with van der Waals surface area (Å²) < 4.78 is 4.46. The SMILES string of the molecule is COC(=O)c1c(C#N)ccc(CBr)c1[N+](=O)[O-]. The smallest absolute Gasteiger partial charge is 0.346 e. The Labute approximate surface area is 105 Å². The van der Waals surface area contributed by atoms with E-state index in [9.17, 15) is 14.9 Å². The number of nitrogens with zero attached hydrogens (tertiary/aromatic N) is 2. The van der Waals surface area contributed by atoms with E-state index in [1.54, 1.807) is 6.07 Å². The third-order valence-electron chi connectivity index (χ3n) is 2.10. The zero-order valence-corrected chi connectivity index (χ0v) is 10.4. The van der Waals surface area contributed by atoms with Gasteiger partial charge in [0.05, 0.1) is 17.6 Å². The number of hydrogen-bond acceptors (Lipinski definition) is 5. The van der Waals surface area contributed by atoms with Crippen LogP contribution in [-0.2, 0) is 10.1 Å². The van der Waals surface area contributed by atoms with Gasteiger partial charge in [-0.3, -0.25) is 10.1 Å². The summed E-state index contributed by atoms with van der Waals surface area (Å²) >= 11 is 3.09. The van der Waals surface area contributed by atoms with Crippen LogP contribution in [0.15, 0.2) is 12.1 Å². The number of methoxy groups -OCH3 is 1. The van der Waals surface area contributed by atoms with Crippen molar-refractivity contribution in [2.45, 2.75) is 5.33 Å². The van der Waals surface area contributed by atoms with Crippen LogP contribution in [0.5, 0.6) is 0 Å². The minimum atomic E-state index is -0.893. The van der Waals surface area contributed by atoms with E-state index in [1.807, 2.05) is 0 Å². The first-order valence-electron chi connectivity index (χ1n) is 4.41. The third kappa shape index (κ3) is 2.42. The van der Waals surface area contributed by atoms with Gasteiger partial charge < -0.3 is 4.74 Å². The van der Waals surface area contributed by atoms with E-state index in [2.05, 4.69) is 20.7 Å². The van der Waals surface area contributed by atoms with Crippen molar-refractivity contribution in [2.75, 3.05) is 7.11 Å². The number of nitro groups is 1. The van der Waals surface area contributed by atoms with Gasteiger partial charge in [-0.1, -0.05) is 15.9 Å². The number of nitro benzene ring substituents is 1. The number of carbonyl (C=O) groups excluding carboxylic acids is 1. The van der Waals surface area contributed by atoms with Crippen molar-refractivity contribution < 1.29 is 14.5 Å². The van der Waals surface area contributed by atoms with Crippen LogP contribution in [0.4, 0.5) is 5.69 Å². The Bertz CT molecular complexity index is 522. The van der Waals surface area contributed by atoms with Gasteiger partial charge in [-0.05, 0) is 12.1 Å². The second kappa shape index (κ2) is 5.41. The molecule has 0 bridgehead atoms. The van der Waals surface area contributed by atoms with E-state index in [0.29, 0.717) is 5.56 Å². The lowest BCUT2D eigenvalue weighted by Crippen LogP contribution is -2.10. The molecule has 0 N–H and O–H groups in total. The highest BCUT2D eigenvalue weighted by Crippen LogP contribution is 2.29. The van der Waals surface area contributed by atoms with Gasteiger partial charge in [0.15, 0.2) is 5.56 Å². The Balaban J connectivity index is 3.65. The van der Waals surface area contributed by atoms with E-state index in [4.69, 9.17) is 5.26 Å². The van der Waals surface area contributed by atoms with Crippen LogP contribution in [0.2, 0.25) is 0 Å². The van der Waals surface area contributed by atoms with Crippen molar-refractivity contribution >= 4 is 27.6 Å². The number of rotatable bonds is 3. The fourth-order valence-electron chi connectivity index (χ4n) is 1.35. The lowest BCUT2D eigenvalue weighted by molar-refractivity contribution is -0.385. The fourth-order valence-corrected chi connectivity index (χ4v) is 1.81. The first-order chi connectivity index (χ1) is 8.06. The molecular formula is C10H7BrN2O4. The molecule has 7 heteroatoms. The van der Waals surface area contributed by atoms with Gasteiger partial charge in [0.1, 0.15) is 6.07 Å². The number of alkyl halides is 1. The summed E-state index contributed by atoms with van der Waals surface area (Å²) in [6.45, 7) is 0. The van der Waals surface area contributed by atoms with Crippen molar-refractivity contribution in [1.29, 1.82) is 5.26 Å². The van der Waals surface area contributed by atoms with E-state index in [0.717, 1.165) is 7.11 Å². The van der Waals surface area contributed by atoms with Crippen LogP contribution in [0, 0.1) is 21.4 Å². The zero-order chi connectivity index (χ0) is 13.0. The molecule has 0 aliphatic heterocycles. The number of halogens is 1. The van der Waals surface area contributed by atoms with Crippen molar-refractivity contribution in [3.8, 4) is 6.07 Å². The summed E-state index contributed by atoms with van der Waals surface area (Å²) in [5.41, 5.74) is -0.465. The summed E-state index contributed by atoms with van der Waals surface area (Å²) in [7, 11) is 1.11. The zero-order valence-electron chi connectivity index (χ0n) is 8.77. The van der Waals surface area contributed by atoms with E-state index in [-0.39, 0.29) is 16.5 Å². The average molecular weight is 299 g/mol. The highest BCUT2D eigenvalue weighted by atomic mass is 79.9. The minimum Gasteiger partial charge on any atom is -0.465 e. The molecular weight excluding hydrogens is 292 g/mol. The van der Waals surface area contributed by atoms with Crippen LogP contribution in [0.25, 0.3) is 0 Å². The lowest BCUT2D eigenvalue weighted by atomic mass is 10.0. The third-order valence-corrected chi connectivity index (χ3v) is 2.70. The lowest BCUT2D eigenvalue weighted by Gasteiger charge is -2.06. The quantitative estimate of drug-likeness (QED) is 0.369. The summed E-state index contributed by atoms with van der Waals surface area (Å²) in [6.07, 6.45) is 0. The Kier molecular flexibility index (Phi) is 4.17. The van der Waals surface area contributed by atoms with Crippen LogP contribution in [0.1, 0.15) is 21.5 Å². The molecule has 0 aromatic heterocycles. The Morgan fingerprint density at radius 3 is 2.71 bits per heavy atom. The standard InChI is InChI=1S/C10H7BrN2O4/c1-17-10(14)8-7(5-12)3-2-6(4-11)9(8)13(15)16/h2-3H,4H2,1H3. The molecule has 0 radical (unpaired) electrons. The average Bonchev–Trinajstić information content (AvgIpc) is 2.35. The van der Waals surface area contributed by atoms with Crippen molar-refractivity contribution in [1.82, 2.24) is 0 Å². The topological polar surface area (TPSA) is 93.2 Å². The number of nitriles is 1. The van der Waals surface area contributed by atoms with Gasteiger partial charge in [0.2, 0.25) is 0 Å². The Morgan fingerprint density at radius 1 is 1.65 bits per heavy atom. The predicted molar refractivity (Wildman–Crippen MR) is 61.8 cm³/mol. The predicted octanol–water partition coefficient (Wildman–Crippen LogP) is 2.15. The second-order valence-corrected chi connectivity index (χ2v) is 3.55. The van der Waals surface area contributed by atoms with Crippen LogP contribution < -0.4 is 0 Å². The Hall–Kier alpha value is -1.94. The summed E-state index contributed by atoms with van der Waals surface area (Å²) in [4.78, 5) is 21.8. The summed E-state index contributed by atoms with van der Waals surface area (Å²) in [5, 5.41) is 20.0. The van der Waals surface area contributed by atoms with Crippen LogP contribution in [0.3, 0.4) is 0 Å². The molecule has 88 valence electrons. The molecule has 1 rings (SSSR count). The number of esters is 1.